The number of aromatic nitrogens is 1. The van der Waals surface area contributed by atoms with E-state index in [0.29, 0.717) is 11.3 Å². The van der Waals surface area contributed by atoms with Crippen LogP contribution in [0.4, 0.5) is 15.6 Å². The summed E-state index contributed by atoms with van der Waals surface area (Å²) < 4.78 is 24.1. The molecule has 9 nitrogen and oxygen atoms in total. The van der Waals surface area contributed by atoms with Crippen LogP contribution in [0.3, 0.4) is 0 Å². The Morgan fingerprint density at radius 2 is 1.83 bits per heavy atom. The molecule has 2 aromatic rings. The molecule has 1 heterocycles. The van der Waals surface area contributed by atoms with Crippen molar-refractivity contribution in [3.8, 4) is 0 Å². The number of ketones is 1. The molecule has 160 valence electrons. The Bertz CT molecular complexity index is 1090. The van der Waals surface area contributed by atoms with Gasteiger partial charge in [-0.1, -0.05) is 24.5 Å². The maximum Gasteiger partial charge on any atom is 0.325 e. The van der Waals surface area contributed by atoms with Gasteiger partial charge in [0.1, 0.15) is 5.69 Å². The Balaban J connectivity index is 1.70. The number of hydrogen-bond donors (Lipinski definition) is 3. The second-order valence-electron chi connectivity index (χ2n) is 7.22. The van der Waals surface area contributed by atoms with Crippen LogP contribution in [0.2, 0.25) is 0 Å². The molecule has 1 saturated carbocycles. The van der Waals surface area contributed by atoms with E-state index in [4.69, 9.17) is 0 Å². The van der Waals surface area contributed by atoms with Gasteiger partial charge in [0, 0.05) is 16.9 Å². The quantitative estimate of drug-likeness (QED) is 0.579. The molecule has 3 rings (SSSR count). The summed E-state index contributed by atoms with van der Waals surface area (Å²) in [4.78, 5) is 41.0. The van der Waals surface area contributed by atoms with Crippen molar-refractivity contribution in [1.29, 1.82) is 0 Å². The first-order valence-electron chi connectivity index (χ1n) is 9.33. The van der Waals surface area contributed by atoms with E-state index in [0.717, 1.165) is 48.8 Å². The number of hydrogen-bond acceptors (Lipinski definition) is 7. The number of rotatable bonds is 6. The van der Waals surface area contributed by atoms with Gasteiger partial charge in [-0.15, -0.1) is 11.3 Å². The van der Waals surface area contributed by atoms with Gasteiger partial charge >= 0.3 is 6.03 Å². The Labute approximate surface area is 178 Å². The van der Waals surface area contributed by atoms with E-state index in [1.54, 1.807) is 22.9 Å². The molecule has 0 atom stereocenters. The van der Waals surface area contributed by atoms with Gasteiger partial charge in [0.25, 0.3) is 5.91 Å². The maximum atomic E-state index is 12.9. The van der Waals surface area contributed by atoms with Crippen LogP contribution in [0.1, 0.15) is 52.1 Å². The minimum atomic E-state index is -3.72. The smallest absolute Gasteiger partial charge is 0.307 e. The third-order valence-corrected chi connectivity index (χ3v) is 5.96. The minimum absolute atomic E-state index is 0.0229. The number of amides is 3. The van der Waals surface area contributed by atoms with Crippen molar-refractivity contribution in [1.82, 2.24) is 9.71 Å². The number of nitrogens with one attached hydrogen (secondary N) is 3. The largest absolute Gasteiger partial charge is 0.325 e. The molecule has 0 radical (unpaired) electrons. The average Bonchev–Trinajstić information content (AvgIpc) is 3.33. The topological polar surface area (TPSA) is 134 Å². The summed E-state index contributed by atoms with van der Waals surface area (Å²) in [5.74, 6) is -0.879. The second-order valence-corrected chi connectivity index (χ2v) is 9.82. The zero-order valence-electron chi connectivity index (χ0n) is 16.5. The van der Waals surface area contributed by atoms with Crippen LogP contribution >= 0.6 is 11.3 Å². The van der Waals surface area contributed by atoms with Crippen molar-refractivity contribution in [3.05, 3.63) is 40.4 Å². The SMILES string of the molecule is Cc1ccc(NC(=O)Nc2nc(C(=O)NS(C)(=O)=O)cs2)c(C(=O)C2CCCC2)c1. The van der Waals surface area contributed by atoms with E-state index < -0.39 is 22.0 Å². The third-order valence-electron chi connectivity index (χ3n) is 4.65. The normalized spacial score (nSPS) is 14.3. The van der Waals surface area contributed by atoms with Gasteiger partial charge in [0.15, 0.2) is 10.9 Å². The third kappa shape index (κ3) is 5.63. The van der Waals surface area contributed by atoms with Crippen LogP contribution in [0.15, 0.2) is 23.6 Å². The van der Waals surface area contributed by atoms with Gasteiger partial charge in [-0.05, 0) is 31.9 Å². The van der Waals surface area contributed by atoms with E-state index in [1.165, 1.54) is 5.38 Å². The molecule has 0 aliphatic heterocycles. The predicted molar refractivity (Wildman–Crippen MR) is 115 cm³/mol. The van der Waals surface area contributed by atoms with Crippen LogP contribution in [0, 0.1) is 12.8 Å². The van der Waals surface area contributed by atoms with E-state index in [9.17, 15) is 22.8 Å². The lowest BCUT2D eigenvalue weighted by molar-refractivity contribution is 0.0922. The number of thiazole rings is 1. The molecule has 1 fully saturated rings. The molecule has 0 bridgehead atoms. The number of sulfonamides is 1. The molecule has 1 aromatic heterocycles. The van der Waals surface area contributed by atoms with Gasteiger partial charge < -0.3 is 5.32 Å². The summed E-state index contributed by atoms with van der Waals surface area (Å²) in [7, 11) is -3.72. The van der Waals surface area contributed by atoms with E-state index in [2.05, 4.69) is 15.6 Å². The Hall–Kier alpha value is -2.79. The first kappa shape index (κ1) is 21.9. The van der Waals surface area contributed by atoms with Crippen LogP contribution in [-0.2, 0) is 10.0 Å². The highest BCUT2D eigenvalue weighted by molar-refractivity contribution is 7.89. The summed E-state index contributed by atoms with van der Waals surface area (Å²) >= 11 is 0.970. The fourth-order valence-electron chi connectivity index (χ4n) is 3.29. The molecular weight excluding hydrogens is 428 g/mol. The molecule has 0 saturated heterocycles. The summed E-state index contributed by atoms with van der Waals surface area (Å²) in [5, 5.41) is 6.61. The van der Waals surface area contributed by atoms with Gasteiger partial charge in [0.05, 0.1) is 11.9 Å². The van der Waals surface area contributed by atoms with E-state index in [-0.39, 0.29) is 22.5 Å². The molecule has 3 amide bonds. The van der Waals surface area contributed by atoms with Crippen molar-refractivity contribution < 1.29 is 22.8 Å². The first-order valence-corrected chi connectivity index (χ1v) is 12.1. The number of anilines is 2. The molecule has 0 spiro atoms. The van der Waals surface area contributed by atoms with Crippen molar-refractivity contribution in [2.75, 3.05) is 16.9 Å². The van der Waals surface area contributed by atoms with Gasteiger partial charge in [0.2, 0.25) is 10.0 Å². The standard InChI is InChI=1S/C19H22N4O5S2/c1-11-7-8-14(13(9-11)16(24)12-5-3-4-6-12)20-18(26)22-19-21-15(10-29-19)17(25)23-30(2,27)28/h7-10,12H,3-6H2,1-2H3,(H,23,25)(H2,20,21,22,26). The zero-order chi connectivity index (χ0) is 21.9. The minimum Gasteiger partial charge on any atom is -0.307 e. The highest BCUT2D eigenvalue weighted by Crippen LogP contribution is 2.31. The number of carbonyl (C=O) groups is 3. The van der Waals surface area contributed by atoms with Crippen LogP contribution < -0.4 is 15.4 Å². The summed E-state index contributed by atoms with van der Waals surface area (Å²) in [6, 6.07) is 4.64. The summed E-state index contributed by atoms with van der Waals surface area (Å²) in [6.07, 6.45) is 4.64. The number of urea groups is 1. The number of Topliss-reactive ketones (excluding diaryl/α,β-unsaturated/α-hetero) is 1. The van der Waals surface area contributed by atoms with Gasteiger partial charge in [-0.3, -0.25) is 14.9 Å². The van der Waals surface area contributed by atoms with Crippen LogP contribution in [-0.4, -0.2) is 37.4 Å². The van der Waals surface area contributed by atoms with E-state index in [1.807, 2.05) is 6.92 Å². The lowest BCUT2D eigenvalue weighted by Gasteiger charge is -2.14. The Morgan fingerprint density at radius 1 is 1.13 bits per heavy atom. The highest BCUT2D eigenvalue weighted by atomic mass is 32.2. The molecule has 1 aliphatic rings. The molecule has 1 aliphatic carbocycles. The van der Waals surface area contributed by atoms with E-state index >= 15 is 0 Å². The monoisotopic (exact) mass is 450 g/mol. The van der Waals surface area contributed by atoms with Crippen molar-refractivity contribution in [2.45, 2.75) is 32.6 Å². The maximum absolute atomic E-state index is 12.9. The summed E-state index contributed by atoms with van der Waals surface area (Å²) in [6.45, 7) is 1.88. The first-order chi connectivity index (χ1) is 14.1. The van der Waals surface area contributed by atoms with Crippen molar-refractivity contribution in [3.63, 3.8) is 0 Å². The van der Waals surface area contributed by atoms with Gasteiger partial charge in [-0.2, -0.15) is 0 Å². The number of carbonyl (C=O) groups excluding carboxylic acids is 3. The molecule has 3 N–H and O–H groups in total. The lowest BCUT2D eigenvalue weighted by atomic mass is 9.94. The van der Waals surface area contributed by atoms with Crippen LogP contribution in [0.5, 0.6) is 0 Å². The Morgan fingerprint density at radius 3 is 2.50 bits per heavy atom. The highest BCUT2D eigenvalue weighted by Gasteiger charge is 2.26. The average molecular weight is 451 g/mol. The Kier molecular flexibility index (Phi) is 6.52. The fraction of sp³-hybridized carbons (Fsp3) is 0.368. The zero-order valence-corrected chi connectivity index (χ0v) is 18.2. The second kappa shape index (κ2) is 8.92. The number of nitrogens with zero attached hydrogens (tertiary/aromatic N) is 1. The molecule has 30 heavy (non-hydrogen) atoms. The molecule has 0 unspecified atom stereocenters. The number of aryl methyl sites for hydroxylation is 1. The number of benzene rings is 1. The fourth-order valence-corrected chi connectivity index (χ4v) is 4.41. The van der Waals surface area contributed by atoms with Crippen LogP contribution in [0.25, 0.3) is 0 Å². The van der Waals surface area contributed by atoms with Gasteiger partial charge in [-0.25, -0.2) is 22.9 Å². The molecular formula is C19H22N4O5S2. The van der Waals surface area contributed by atoms with Crippen molar-refractivity contribution in [2.24, 2.45) is 5.92 Å². The summed E-state index contributed by atoms with van der Waals surface area (Å²) in [5.41, 5.74) is 1.67. The molecule has 11 heteroatoms. The predicted octanol–water partition coefficient (Wildman–Crippen LogP) is 3.16. The van der Waals surface area contributed by atoms with Crippen molar-refractivity contribution >= 4 is 49.9 Å². The lowest BCUT2D eigenvalue weighted by Crippen LogP contribution is -2.29. The molecule has 1 aromatic carbocycles.